The predicted octanol–water partition coefficient (Wildman–Crippen LogP) is 2.34. The molecule has 0 saturated carbocycles. The fraction of sp³-hybridized carbons (Fsp3) is 0.536. The second-order valence-electron chi connectivity index (χ2n) is 10.0. The fourth-order valence-electron chi connectivity index (χ4n) is 4.25. The quantitative estimate of drug-likeness (QED) is 0.509. The summed E-state index contributed by atoms with van der Waals surface area (Å²) in [6, 6.07) is 13.9. The molecule has 0 aromatic heterocycles. The van der Waals surface area contributed by atoms with Gasteiger partial charge < -0.3 is 29.1 Å². The minimum Gasteiger partial charge on any atom is -0.492 e. The van der Waals surface area contributed by atoms with Crippen molar-refractivity contribution in [2.24, 2.45) is 0 Å². The van der Waals surface area contributed by atoms with Gasteiger partial charge in [0, 0.05) is 39.8 Å². The Kier molecular flexibility index (Phi) is 10.1. The van der Waals surface area contributed by atoms with Crippen molar-refractivity contribution >= 4 is 5.91 Å². The summed E-state index contributed by atoms with van der Waals surface area (Å²) >= 11 is 0. The molecule has 1 aliphatic rings. The van der Waals surface area contributed by atoms with Crippen molar-refractivity contribution in [2.45, 2.75) is 26.0 Å². The van der Waals surface area contributed by atoms with Gasteiger partial charge >= 0.3 is 0 Å². The zero-order valence-electron chi connectivity index (χ0n) is 22.3. The number of benzene rings is 2. The van der Waals surface area contributed by atoms with Gasteiger partial charge in [-0.15, -0.1) is 0 Å². The average molecular weight is 500 g/mol. The number of amides is 1. The van der Waals surface area contributed by atoms with Gasteiger partial charge in [0.15, 0.2) is 0 Å². The number of nitrogens with zero attached hydrogens (tertiary/aromatic N) is 3. The predicted molar refractivity (Wildman–Crippen MR) is 141 cm³/mol. The molecule has 1 atom stereocenters. The molecule has 1 saturated heterocycles. The first kappa shape index (κ1) is 27.9. The number of carbonyl (C=O) groups is 1. The molecule has 1 N–H and O–H groups in total. The van der Waals surface area contributed by atoms with E-state index in [2.05, 4.69) is 22.8 Å². The monoisotopic (exact) mass is 499 g/mol. The molecule has 2 aromatic rings. The number of ether oxygens (including phenoxy) is 3. The van der Waals surface area contributed by atoms with Crippen LogP contribution in [0.25, 0.3) is 0 Å². The summed E-state index contributed by atoms with van der Waals surface area (Å²) < 4.78 is 17.0. The van der Waals surface area contributed by atoms with Crippen molar-refractivity contribution in [1.82, 2.24) is 14.7 Å². The summed E-state index contributed by atoms with van der Waals surface area (Å²) in [5.74, 6) is 1.40. The molecule has 3 rings (SSSR count). The fourth-order valence-corrected chi connectivity index (χ4v) is 4.25. The van der Waals surface area contributed by atoms with Crippen molar-refractivity contribution in [3.05, 3.63) is 59.2 Å². The zero-order valence-corrected chi connectivity index (χ0v) is 22.3. The molecule has 2 aromatic carbocycles. The van der Waals surface area contributed by atoms with Crippen LogP contribution >= 0.6 is 0 Å². The van der Waals surface area contributed by atoms with E-state index in [-0.39, 0.29) is 25.7 Å². The van der Waals surface area contributed by atoms with Crippen LogP contribution in [0, 0.1) is 13.8 Å². The summed E-state index contributed by atoms with van der Waals surface area (Å²) in [6.45, 7) is 7.94. The molecule has 0 aliphatic carbocycles. The lowest BCUT2D eigenvalue weighted by Crippen LogP contribution is -2.52. The van der Waals surface area contributed by atoms with Gasteiger partial charge in [-0.3, -0.25) is 9.69 Å². The Balaban J connectivity index is 1.72. The van der Waals surface area contributed by atoms with Gasteiger partial charge in [-0.05, 0) is 68.9 Å². The summed E-state index contributed by atoms with van der Waals surface area (Å²) in [4.78, 5) is 18.6. The van der Waals surface area contributed by atoms with Crippen molar-refractivity contribution in [3.8, 4) is 11.5 Å². The molecule has 1 aliphatic heterocycles. The van der Waals surface area contributed by atoms with Gasteiger partial charge in [0.1, 0.15) is 36.9 Å². The van der Waals surface area contributed by atoms with E-state index in [0.717, 1.165) is 23.4 Å². The normalized spacial score (nSPS) is 18.8. The van der Waals surface area contributed by atoms with Crippen LogP contribution in [0.2, 0.25) is 0 Å². The standard InChI is InChI=1S/C28H41N3O5/c1-22-9-10-26(15-23(22)2)36-21-28(33)19-30(11-12-31(20-28)27(32)18-34-5)17-24-7-6-8-25(16-24)35-14-13-29(3)4/h6-10,15-16,33H,11-14,17-21H2,1-5H3/t28-/m1/s1. The van der Waals surface area contributed by atoms with Gasteiger partial charge in [0.25, 0.3) is 0 Å². The molecule has 36 heavy (non-hydrogen) atoms. The smallest absolute Gasteiger partial charge is 0.248 e. The molecule has 0 unspecified atom stereocenters. The molecular weight excluding hydrogens is 458 g/mol. The number of rotatable bonds is 11. The number of aliphatic hydroxyl groups is 1. The number of hydrogen-bond donors (Lipinski definition) is 1. The SMILES string of the molecule is COCC(=O)N1CCN(Cc2cccc(OCCN(C)C)c2)C[C@](O)(COc2ccc(C)c(C)c2)C1. The second-order valence-corrected chi connectivity index (χ2v) is 10.0. The van der Waals surface area contributed by atoms with Crippen molar-refractivity contribution < 1.29 is 24.1 Å². The van der Waals surface area contributed by atoms with Gasteiger partial charge in [0.2, 0.25) is 5.91 Å². The topological polar surface area (TPSA) is 74.7 Å². The first-order valence-electron chi connectivity index (χ1n) is 12.5. The Bertz CT molecular complexity index is 999. The van der Waals surface area contributed by atoms with Crippen LogP contribution in [-0.4, -0.2) is 105 Å². The third-order valence-electron chi connectivity index (χ3n) is 6.41. The lowest BCUT2D eigenvalue weighted by atomic mass is 10.0. The van der Waals surface area contributed by atoms with E-state index in [1.807, 2.05) is 57.4 Å². The maximum absolute atomic E-state index is 12.7. The molecule has 0 bridgehead atoms. The van der Waals surface area contributed by atoms with Crippen LogP contribution in [0.4, 0.5) is 0 Å². The molecule has 198 valence electrons. The molecular formula is C28H41N3O5. The number of likely N-dealkylation sites (N-methyl/N-ethyl adjacent to an activating group) is 1. The van der Waals surface area contributed by atoms with Crippen LogP contribution in [0.1, 0.15) is 16.7 Å². The average Bonchev–Trinajstić information content (AvgIpc) is 2.99. The van der Waals surface area contributed by atoms with Crippen molar-refractivity contribution in [1.29, 1.82) is 0 Å². The molecule has 0 spiro atoms. The maximum Gasteiger partial charge on any atom is 0.248 e. The molecule has 8 heteroatoms. The number of hydrogen-bond acceptors (Lipinski definition) is 7. The van der Waals surface area contributed by atoms with Crippen LogP contribution in [0.15, 0.2) is 42.5 Å². The Morgan fingerprint density at radius 1 is 1.03 bits per heavy atom. The molecule has 1 heterocycles. The third kappa shape index (κ3) is 8.48. The highest BCUT2D eigenvalue weighted by molar-refractivity contribution is 5.77. The third-order valence-corrected chi connectivity index (χ3v) is 6.41. The lowest BCUT2D eigenvalue weighted by Gasteiger charge is -2.33. The van der Waals surface area contributed by atoms with Crippen LogP contribution < -0.4 is 9.47 Å². The van der Waals surface area contributed by atoms with Gasteiger partial charge in [0.05, 0.1) is 6.54 Å². The second kappa shape index (κ2) is 13.1. The largest absolute Gasteiger partial charge is 0.492 e. The van der Waals surface area contributed by atoms with E-state index in [9.17, 15) is 9.90 Å². The number of β-amino-alcohol motifs (C(OH)–C–C–N with tert-alkyl or cyclic N) is 1. The first-order chi connectivity index (χ1) is 17.2. The summed E-state index contributed by atoms with van der Waals surface area (Å²) in [6.07, 6.45) is 0. The van der Waals surface area contributed by atoms with E-state index in [0.29, 0.717) is 38.5 Å². The number of aryl methyl sites for hydroxylation is 2. The minimum absolute atomic E-state index is 0.0135. The lowest BCUT2D eigenvalue weighted by molar-refractivity contribution is -0.138. The van der Waals surface area contributed by atoms with E-state index in [1.54, 1.807) is 4.90 Å². The highest BCUT2D eigenvalue weighted by atomic mass is 16.5. The Hall–Kier alpha value is -2.65. The molecule has 0 radical (unpaired) electrons. The van der Waals surface area contributed by atoms with E-state index < -0.39 is 5.60 Å². The van der Waals surface area contributed by atoms with Crippen molar-refractivity contribution in [2.75, 3.05) is 73.7 Å². The van der Waals surface area contributed by atoms with E-state index >= 15 is 0 Å². The molecule has 1 amide bonds. The van der Waals surface area contributed by atoms with Gasteiger partial charge in [-0.1, -0.05) is 18.2 Å². The zero-order chi connectivity index (χ0) is 26.1. The Labute approximate surface area is 215 Å². The Morgan fingerprint density at radius 2 is 1.81 bits per heavy atom. The van der Waals surface area contributed by atoms with Gasteiger partial charge in [-0.2, -0.15) is 0 Å². The number of carbonyl (C=O) groups excluding carboxylic acids is 1. The van der Waals surface area contributed by atoms with Crippen LogP contribution in [-0.2, 0) is 16.1 Å². The van der Waals surface area contributed by atoms with Crippen LogP contribution in [0.5, 0.6) is 11.5 Å². The number of methoxy groups -OCH3 is 1. The van der Waals surface area contributed by atoms with Crippen molar-refractivity contribution in [3.63, 3.8) is 0 Å². The van der Waals surface area contributed by atoms with Gasteiger partial charge in [-0.25, -0.2) is 0 Å². The Morgan fingerprint density at radius 3 is 2.53 bits per heavy atom. The van der Waals surface area contributed by atoms with Crippen LogP contribution in [0.3, 0.4) is 0 Å². The molecule has 1 fully saturated rings. The van der Waals surface area contributed by atoms with E-state index in [4.69, 9.17) is 14.2 Å². The molecule has 8 nitrogen and oxygen atoms in total. The summed E-state index contributed by atoms with van der Waals surface area (Å²) in [7, 11) is 5.54. The highest BCUT2D eigenvalue weighted by Gasteiger charge is 2.37. The summed E-state index contributed by atoms with van der Waals surface area (Å²) in [5.41, 5.74) is 2.17. The van der Waals surface area contributed by atoms with E-state index in [1.165, 1.54) is 12.7 Å². The summed E-state index contributed by atoms with van der Waals surface area (Å²) in [5, 5.41) is 11.7. The first-order valence-corrected chi connectivity index (χ1v) is 12.5. The maximum atomic E-state index is 12.7. The minimum atomic E-state index is -1.24. The highest BCUT2D eigenvalue weighted by Crippen LogP contribution is 2.22.